The first-order chi connectivity index (χ1) is 17.3. The molecule has 0 saturated carbocycles. The first kappa shape index (κ1) is 24.3. The summed E-state index contributed by atoms with van der Waals surface area (Å²) in [7, 11) is 2.25. The van der Waals surface area contributed by atoms with E-state index in [1.54, 1.807) is 0 Å². The second kappa shape index (κ2) is 9.24. The monoisotopic (exact) mass is 480 g/mol. The minimum absolute atomic E-state index is 0.954. The number of aryl methyl sites for hydroxylation is 1. The van der Waals surface area contributed by atoms with Crippen LogP contribution in [-0.2, 0) is 7.05 Å². The normalized spacial score (nSPS) is 13.8. The zero-order chi connectivity index (χ0) is 25.7. The maximum Gasteiger partial charge on any atom is 0.0494 e. The molecule has 5 heterocycles. The largest absolute Gasteiger partial charge is 0.355 e. The summed E-state index contributed by atoms with van der Waals surface area (Å²) >= 11 is 0. The Hall–Kier alpha value is -3.40. The molecule has 4 aromatic heterocycles. The average Bonchev–Trinajstić information content (AvgIpc) is 3.64. The van der Waals surface area contributed by atoms with Gasteiger partial charge in [-0.05, 0) is 116 Å². The Labute approximate surface area is 214 Å². The average molecular weight is 481 g/mol. The van der Waals surface area contributed by atoms with Crippen molar-refractivity contribution in [2.45, 2.75) is 74.1 Å². The first-order valence-electron chi connectivity index (χ1n) is 13.5. The number of fused-ring (bicyclic) bond motifs is 8. The predicted octanol–water partition coefficient (Wildman–Crippen LogP) is 4.68. The van der Waals surface area contributed by atoms with E-state index >= 15 is 0 Å². The van der Waals surface area contributed by atoms with Crippen molar-refractivity contribution in [2.75, 3.05) is 0 Å². The molecule has 4 heteroatoms. The Bertz CT molecular complexity index is 1710. The number of nitrogens with one attached hydrogen (secondary N) is 3. The van der Waals surface area contributed by atoms with Crippen LogP contribution in [-0.4, -0.2) is 19.5 Å². The van der Waals surface area contributed by atoms with Gasteiger partial charge in [0, 0.05) is 51.2 Å². The molecule has 3 N–H and O–H groups in total. The first-order valence-corrected chi connectivity index (χ1v) is 13.5. The summed E-state index contributed by atoms with van der Waals surface area (Å²) in [6, 6.07) is 11.3. The van der Waals surface area contributed by atoms with Gasteiger partial charge in [-0.3, -0.25) is 0 Å². The van der Waals surface area contributed by atoms with Crippen LogP contribution in [0.1, 0.15) is 92.8 Å². The highest BCUT2D eigenvalue weighted by Gasteiger charge is 2.18. The van der Waals surface area contributed by atoms with Gasteiger partial charge in [0.25, 0.3) is 0 Å². The van der Waals surface area contributed by atoms with Crippen LogP contribution in [0.4, 0.5) is 0 Å². The van der Waals surface area contributed by atoms with Crippen LogP contribution in [0.2, 0.25) is 0 Å². The molecule has 36 heavy (non-hydrogen) atoms. The fraction of sp³-hybridized carbons (Fsp3) is 0.375. The van der Waals surface area contributed by atoms with Gasteiger partial charge in [-0.15, -0.1) is 0 Å². The van der Waals surface area contributed by atoms with Crippen molar-refractivity contribution in [3.63, 3.8) is 0 Å². The van der Waals surface area contributed by atoms with Gasteiger partial charge in [-0.2, -0.15) is 0 Å². The van der Waals surface area contributed by atoms with E-state index in [4.69, 9.17) is 0 Å². The van der Waals surface area contributed by atoms with Gasteiger partial charge < -0.3 is 19.5 Å². The summed E-state index contributed by atoms with van der Waals surface area (Å²) in [5.74, 6) is 0. The number of aromatic amines is 3. The molecule has 0 fully saturated rings. The number of rotatable bonds is 4. The lowest BCUT2D eigenvalue weighted by atomic mass is 10.0. The summed E-state index contributed by atoms with van der Waals surface area (Å²) in [5.41, 5.74) is 14.3. The number of nitrogens with zero attached hydrogens (tertiary/aromatic N) is 1. The van der Waals surface area contributed by atoms with Crippen LogP contribution in [0.25, 0.3) is 22.3 Å². The summed E-state index contributed by atoms with van der Waals surface area (Å²) in [5, 5.41) is 5.06. The number of aromatic nitrogens is 4. The highest BCUT2D eigenvalue weighted by atomic mass is 14.9. The van der Waals surface area contributed by atoms with E-state index in [9.17, 15) is 0 Å². The van der Waals surface area contributed by atoms with E-state index in [-0.39, 0.29) is 0 Å². The number of hydrogen-bond acceptors (Lipinski definition) is 0. The van der Waals surface area contributed by atoms with Crippen LogP contribution in [0, 0.1) is 20.8 Å². The van der Waals surface area contributed by atoms with E-state index in [0.717, 1.165) is 25.7 Å². The fourth-order valence-electron chi connectivity index (χ4n) is 6.36. The van der Waals surface area contributed by atoms with Crippen molar-refractivity contribution < 1.29 is 0 Å². The fourth-order valence-corrected chi connectivity index (χ4v) is 6.36. The molecule has 0 atom stereocenters. The summed E-state index contributed by atoms with van der Waals surface area (Å²) in [6.07, 6.45) is 3.84. The van der Waals surface area contributed by atoms with Crippen LogP contribution in [0.15, 0.2) is 30.3 Å². The predicted molar refractivity (Wildman–Crippen MR) is 152 cm³/mol. The molecule has 4 nitrogen and oxygen atoms in total. The minimum Gasteiger partial charge on any atom is -0.355 e. The number of H-pyrrole nitrogens is 3. The van der Waals surface area contributed by atoms with Crippen molar-refractivity contribution in [3.05, 3.63) is 91.2 Å². The molecule has 188 valence electrons. The van der Waals surface area contributed by atoms with Gasteiger partial charge >= 0.3 is 0 Å². The lowest BCUT2D eigenvalue weighted by Crippen LogP contribution is -2.29. The van der Waals surface area contributed by atoms with Crippen LogP contribution in [0.5, 0.6) is 0 Å². The van der Waals surface area contributed by atoms with Gasteiger partial charge in [0.05, 0.1) is 0 Å². The number of hydrogen-bond donors (Lipinski definition) is 3. The lowest BCUT2D eigenvalue weighted by molar-refractivity contribution is 0.835. The van der Waals surface area contributed by atoms with Crippen molar-refractivity contribution in [1.82, 2.24) is 19.5 Å². The molecule has 0 aliphatic carbocycles. The lowest BCUT2D eigenvalue weighted by Gasteiger charge is -2.09. The van der Waals surface area contributed by atoms with Gasteiger partial charge in [0.2, 0.25) is 0 Å². The van der Waals surface area contributed by atoms with E-state index < -0.39 is 0 Å². The van der Waals surface area contributed by atoms with Crippen molar-refractivity contribution in [1.29, 1.82) is 0 Å². The molecule has 0 unspecified atom stereocenters. The van der Waals surface area contributed by atoms with E-state index in [0.29, 0.717) is 0 Å². The smallest absolute Gasteiger partial charge is 0.0494 e. The van der Waals surface area contributed by atoms with Gasteiger partial charge in [0.15, 0.2) is 0 Å². The van der Waals surface area contributed by atoms with Crippen molar-refractivity contribution >= 4 is 22.3 Å². The Morgan fingerprint density at radius 1 is 0.583 bits per heavy atom. The zero-order valence-corrected chi connectivity index (χ0v) is 23.2. The molecule has 1 aliphatic rings. The van der Waals surface area contributed by atoms with E-state index in [1.165, 1.54) is 83.2 Å². The second-order valence-corrected chi connectivity index (χ2v) is 10.1. The molecule has 0 amide bonds. The van der Waals surface area contributed by atoms with Gasteiger partial charge in [-0.1, -0.05) is 27.7 Å². The molecular weight excluding hydrogens is 440 g/mol. The van der Waals surface area contributed by atoms with Crippen molar-refractivity contribution in [3.8, 4) is 0 Å². The van der Waals surface area contributed by atoms with Crippen molar-refractivity contribution in [2.24, 2.45) is 7.05 Å². The Morgan fingerprint density at radius 3 is 1.64 bits per heavy atom. The van der Waals surface area contributed by atoms with Gasteiger partial charge in [0.1, 0.15) is 0 Å². The topological polar surface area (TPSA) is 52.3 Å². The van der Waals surface area contributed by atoms with E-state index in [1.807, 2.05) is 0 Å². The van der Waals surface area contributed by atoms with Crippen LogP contribution >= 0.6 is 0 Å². The Balaban J connectivity index is 2.04. The molecule has 0 spiro atoms. The third-order valence-electron chi connectivity index (χ3n) is 8.24. The maximum atomic E-state index is 3.86. The van der Waals surface area contributed by atoms with Gasteiger partial charge in [-0.25, -0.2) is 0 Å². The highest BCUT2D eigenvalue weighted by Crippen LogP contribution is 2.25. The summed E-state index contributed by atoms with van der Waals surface area (Å²) in [6.45, 7) is 15.8. The SMILES string of the molecule is CCC1=c2ccc([nH]2)=C(CC)c2cc(C)c([nH]2)C(CC)=c2c(C)c(C)c(n2C)=C(CC)c2ccc1[nH]2. The second-order valence-electron chi connectivity index (χ2n) is 10.1. The maximum absolute atomic E-state index is 3.86. The highest BCUT2D eigenvalue weighted by molar-refractivity contribution is 5.73. The molecule has 5 rings (SSSR count). The van der Waals surface area contributed by atoms with Crippen LogP contribution < -0.4 is 21.4 Å². The zero-order valence-electron chi connectivity index (χ0n) is 23.2. The molecule has 4 aromatic rings. The minimum atomic E-state index is 0.954. The summed E-state index contributed by atoms with van der Waals surface area (Å²) in [4.78, 5) is 11.4. The molecular formula is C32H40N4. The third kappa shape index (κ3) is 3.57. The Kier molecular flexibility index (Phi) is 6.23. The van der Waals surface area contributed by atoms with Crippen LogP contribution in [0.3, 0.4) is 0 Å². The molecule has 0 aromatic carbocycles. The summed E-state index contributed by atoms with van der Waals surface area (Å²) < 4.78 is 2.44. The standard InChI is InChI=1S/C32H40N4/c1-9-21-25-13-14-27(33-25)22(10-2)29-17-18(5)30(35-29)24(12-4)32-20(7)19(6)31(36(32)8)23(11-3)28-16-15-26(21)34-28/h13-17,33-35H,9-12H2,1-8H3. The Morgan fingerprint density at radius 2 is 1.08 bits per heavy atom. The molecule has 8 bridgehead atoms. The van der Waals surface area contributed by atoms with E-state index in [2.05, 4.69) is 105 Å². The molecule has 0 saturated heterocycles. The molecule has 1 aliphatic heterocycles. The third-order valence-corrected chi connectivity index (χ3v) is 8.24. The quantitative estimate of drug-likeness (QED) is 0.380. The molecule has 0 radical (unpaired) electrons.